The topological polar surface area (TPSA) is 20.3 Å². The maximum absolute atomic E-state index is 12.1. The molecule has 0 radical (unpaired) electrons. The van der Waals surface area contributed by atoms with Gasteiger partial charge in [-0.2, -0.15) is 0 Å². The van der Waals surface area contributed by atoms with E-state index in [0.29, 0.717) is 0 Å². The molecule has 1 unspecified atom stereocenters. The number of carbonyl (C=O) groups excluding carboxylic acids is 1. The van der Waals surface area contributed by atoms with Crippen LogP contribution in [0.15, 0.2) is 12.8 Å². The van der Waals surface area contributed by atoms with E-state index < -0.39 is 0 Å². The minimum absolute atomic E-state index is 0.172. The predicted molar refractivity (Wildman–Crippen MR) is 65.5 cm³/mol. The Morgan fingerprint density at radius 3 is 2.33 bits per heavy atom. The molecule has 0 fully saturated rings. The summed E-state index contributed by atoms with van der Waals surface area (Å²) in [6.45, 7) is 12.0. The first-order valence-electron chi connectivity index (χ1n) is 6.03. The first-order valence-corrected chi connectivity index (χ1v) is 6.03. The molecule has 1 amide bonds. The van der Waals surface area contributed by atoms with Gasteiger partial charge in [-0.3, -0.25) is 4.79 Å². The first-order chi connectivity index (χ1) is 7.08. The number of hydrogen-bond donors (Lipinski definition) is 0. The van der Waals surface area contributed by atoms with Crippen LogP contribution in [0.2, 0.25) is 0 Å². The SMILES string of the molecule is C=CN(C(=O)C(CC)CCCC)C(C)C. The van der Waals surface area contributed by atoms with Gasteiger partial charge in [-0.05, 0) is 32.9 Å². The Balaban J connectivity index is 4.40. The maximum Gasteiger partial charge on any atom is 0.229 e. The Labute approximate surface area is 94.4 Å². The molecule has 0 N–H and O–H groups in total. The van der Waals surface area contributed by atoms with Gasteiger partial charge in [-0.15, -0.1) is 0 Å². The van der Waals surface area contributed by atoms with Crippen molar-refractivity contribution in [3.63, 3.8) is 0 Å². The van der Waals surface area contributed by atoms with E-state index in [9.17, 15) is 4.79 Å². The van der Waals surface area contributed by atoms with Crippen LogP contribution in [-0.2, 0) is 4.79 Å². The van der Waals surface area contributed by atoms with Crippen molar-refractivity contribution in [2.75, 3.05) is 0 Å². The van der Waals surface area contributed by atoms with Gasteiger partial charge < -0.3 is 4.90 Å². The molecule has 0 aliphatic heterocycles. The number of hydrogen-bond acceptors (Lipinski definition) is 1. The summed E-state index contributed by atoms with van der Waals surface area (Å²) in [5, 5.41) is 0. The summed E-state index contributed by atoms with van der Waals surface area (Å²) in [4.78, 5) is 13.9. The molecule has 0 aliphatic rings. The molecule has 0 aromatic rings. The van der Waals surface area contributed by atoms with Crippen LogP contribution in [0.5, 0.6) is 0 Å². The molecule has 0 aliphatic carbocycles. The molecule has 0 spiro atoms. The summed E-state index contributed by atoms with van der Waals surface area (Å²) in [7, 11) is 0. The van der Waals surface area contributed by atoms with Gasteiger partial charge in [-0.1, -0.05) is 33.3 Å². The van der Waals surface area contributed by atoms with E-state index in [4.69, 9.17) is 0 Å². The van der Waals surface area contributed by atoms with Crippen molar-refractivity contribution < 1.29 is 4.79 Å². The molecule has 0 bridgehead atoms. The predicted octanol–water partition coefficient (Wildman–Crippen LogP) is 3.58. The van der Waals surface area contributed by atoms with Crippen LogP contribution in [0.3, 0.4) is 0 Å². The molecule has 15 heavy (non-hydrogen) atoms. The van der Waals surface area contributed by atoms with Crippen molar-refractivity contribution in [2.45, 2.75) is 59.4 Å². The number of rotatable bonds is 7. The van der Waals surface area contributed by atoms with Gasteiger partial charge in [0.25, 0.3) is 0 Å². The van der Waals surface area contributed by atoms with E-state index in [-0.39, 0.29) is 17.9 Å². The Morgan fingerprint density at radius 1 is 1.40 bits per heavy atom. The fourth-order valence-electron chi connectivity index (χ4n) is 1.72. The highest BCUT2D eigenvalue weighted by Gasteiger charge is 2.22. The number of nitrogens with zero attached hydrogens (tertiary/aromatic N) is 1. The van der Waals surface area contributed by atoms with Crippen LogP contribution in [-0.4, -0.2) is 16.8 Å². The second kappa shape index (κ2) is 7.49. The lowest BCUT2D eigenvalue weighted by molar-refractivity contribution is -0.134. The highest BCUT2D eigenvalue weighted by Crippen LogP contribution is 2.17. The van der Waals surface area contributed by atoms with E-state index in [0.717, 1.165) is 25.7 Å². The Kier molecular flexibility index (Phi) is 7.10. The minimum Gasteiger partial charge on any atom is -0.317 e. The smallest absolute Gasteiger partial charge is 0.229 e. The third-order valence-corrected chi connectivity index (χ3v) is 2.76. The second-order valence-corrected chi connectivity index (χ2v) is 4.27. The molecule has 0 saturated heterocycles. The minimum atomic E-state index is 0.172. The lowest BCUT2D eigenvalue weighted by atomic mass is 9.97. The average molecular weight is 211 g/mol. The van der Waals surface area contributed by atoms with E-state index in [1.165, 1.54) is 0 Å². The van der Waals surface area contributed by atoms with Crippen LogP contribution in [0.4, 0.5) is 0 Å². The van der Waals surface area contributed by atoms with Crippen molar-refractivity contribution in [1.29, 1.82) is 0 Å². The Morgan fingerprint density at radius 2 is 2.00 bits per heavy atom. The molecular formula is C13H25NO. The zero-order valence-corrected chi connectivity index (χ0v) is 10.6. The lowest BCUT2D eigenvalue weighted by Crippen LogP contribution is -2.36. The van der Waals surface area contributed by atoms with Gasteiger partial charge in [-0.25, -0.2) is 0 Å². The summed E-state index contributed by atoms with van der Waals surface area (Å²) in [5.41, 5.74) is 0. The van der Waals surface area contributed by atoms with Gasteiger partial charge in [0.1, 0.15) is 0 Å². The molecule has 0 aromatic carbocycles. The summed E-state index contributed by atoms with van der Waals surface area (Å²) < 4.78 is 0. The van der Waals surface area contributed by atoms with Crippen molar-refractivity contribution >= 4 is 5.91 Å². The highest BCUT2D eigenvalue weighted by atomic mass is 16.2. The Hall–Kier alpha value is -0.790. The largest absolute Gasteiger partial charge is 0.317 e. The van der Waals surface area contributed by atoms with Crippen LogP contribution in [0, 0.1) is 5.92 Å². The standard InChI is InChI=1S/C13H25NO/c1-6-9-10-12(7-2)13(15)14(8-3)11(4)5/h8,11-12H,3,6-7,9-10H2,1-2,4-5H3. The average Bonchev–Trinajstić information content (AvgIpc) is 2.19. The fourth-order valence-corrected chi connectivity index (χ4v) is 1.72. The van der Waals surface area contributed by atoms with E-state index in [2.05, 4.69) is 20.4 Å². The summed E-state index contributed by atoms with van der Waals surface area (Å²) in [5.74, 6) is 0.404. The zero-order valence-electron chi connectivity index (χ0n) is 10.6. The molecule has 0 saturated carbocycles. The van der Waals surface area contributed by atoms with Crippen LogP contribution in [0.1, 0.15) is 53.4 Å². The quantitative estimate of drug-likeness (QED) is 0.630. The van der Waals surface area contributed by atoms with Gasteiger partial charge in [0.2, 0.25) is 5.91 Å². The molecule has 2 nitrogen and oxygen atoms in total. The summed E-state index contributed by atoms with van der Waals surface area (Å²) >= 11 is 0. The third-order valence-electron chi connectivity index (χ3n) is 2.76. The van der Waals surface area contributed by atoms with Crippen LogP contribution >= 0.6 is 0 Å². The van der Waals surface area contributed by atoms with Crippen molar-refractivity contribution in [2.24, 2.45) is 5.92 Å². The molecular weight excluding hydrogens is 186 g/mol. The van der Waals surface area contributed by atoms with E-state index in [1.54, 1.807) is 11.1 Å². The van der Waals surface area contributed by atoms with Gasteiger partial charge in [0.15, 0.2) is 0 Å². The first kappa shape index (κ1) is 14.2. The van der Waals surface area contributed by atoms with Gasteiger partial charge in [0, 0.05) is 12.0 Å². The molecule has 88 valence electrons. The van der Waals surface area contributed by atoms with Crippen LogP contribution < -0.4 is 0 Å². The zero-order chi connectivity index (χ0) is 11.8. The molecule has 0 aromatic heterocycles. The van der Waals surface area contributed by atoms with Crippen molar-refractivity contribution in [1.82, 2.24) is 4.90 Å². The van der Waals surface area contributed by atoms with Crippen molar-refractivity contribution in [3.05, 3.63) is 12.8 Å². The third kappa shape index (κ3) is 4.50. The van der Waals surface area contributed by atoms with E-state index in [1.807, 2.05) is 13.8 Å². The Bertz CT molecular complexity index is 199. The van der Waals surface area contributed by atoms with Gasteiger partial charge >= 0.3 is 0 Å². The van der Waals surface area contributed by atoms with Gasteiger partial charge in [0.05, 0.1) is 0 Å². The highest BCUT2D eigenvalue weighted by molar-refractivity contribution is 5.79. The number of amides is 1. The molecule has 2 heteroatoms. The van der Waals surface area contributed by atoms with E-state index >= 15 is 0 Å². The monoisotopic (exact) mass is 211 g/mol. The molecule has 0 heterocycles. The number of carbonyl (C=O) groups is 1. The molecule has 1 atom stereocenters. The van der Waals surface area contributed by atoms with Crippen LogP contribution in [0.25, 0.3) is 0 Å². The second-order valence-electron chi connectivity index (χ2n) is 4.27. The molecule has 0 rings (SSSR count). The fraction of sp³-hybridized carbons (Fsp3) is 0.769. The lowest BCUT2D eigenvalue weighted by Gasteiger charge is -2.26. The normalized spacial score (nSPS) is 12.6. The van der Waals surface area contributed by atoms with Crippen molar-refractivity contribution in [3.8, 4) is 0 Å². The maximum atomic E-state index is 12.1. The summed E-state index contributed by atoms with van der Waals surface area (Å²) in [6.07, 6.45) is 5.87. The number of unbranched alkanes of at least 4 members (excludes halogenated alkanes) is 1. The summed E-state index contributed by atoms with van der Waals surface area (Å²) in [6, 6.07) is 0.214.